The minimum Gasteiger partial charge on any atom is -0.368 e. The Labute approximate surface area is 206 Å². The lowest BCUT2D eigenvalue weighted by molar-refractivity contribution is -0.130. The number of nitrogens with one attached hydrogen (secondary N) is 1. The van der Waals surface area contributed by atoms with Crippen LogP contribution < -0.4 is 10.5 Å². The highest BCUT2D eigenvalue weighted by Gasteiger charge is 2.25. The number of carbonyl (C=O) groups is 1. The predicted octanol–water partition coefficient (Wildman–Crippen LogP) is 4.62. The number of aromatic amines is 1. The summed E-state index contributed by atoms with van der Waals surface area (Å²) in [6, 6.07) is 20.2. The quantitative estimate of drug-likeness (QED) is 0.427. The van der Waals surface area contributed by atoms with Crippen molar-refractivity contribution in [3.8, 4) is 11.1 Å². The monoisotopic (exact) mass is 490 g/mol. The van der Waals surface area contributed by atoms with Crippen LogP contribution in [0, 0.1) is 0 Å². The largest absolute Gasteiger partial charge is 0.368 e. The summed E-state index contributed by atoms with van der Waals surface area (Å²) in [4.78, 5) is 38.5. The van der Waals surface area contributed by atoms with Gasteiger partial charge >= 0.3 is 0 Å². The van der Waals surface area contributed by atoms with Crippen molar-refractivity contribution >= 4 is 44.9 Å². The van der Waals surface area contributed by atoms with Crippen molar-refractivity contribution < 1.29 is 4.79 Å². The van der Waals surface area contributed by atoms with Gasteiger partial charge in [0.15, 0.2) is 0 Å². The van der Waals surface area contributed by atoms with Gasteiger partial charge in [0.2, 0.25) is 5.91 Å². The molecule has 0 aliphatic carbocycles. The summed E-state index contributed by atoms with van der Waals surface area (Å²) >= 11 is 2.99. The van der Waals surface area contributed by atoms with Gasteiger partial charge < -0.3 is 14.8 Å². The lowest BCUT2D eigenvalue weighted by Gasteiger charge is -2.37. The summed E-state index contributed by atoms with van der Waals surface area (Å²) in [5, 5.41) is 2.42. The summed E-state index contributed by atoms with van der Waals surface area (Å²) in [6.07, 6.45) is 0. The van der Waals surface area contributed by atoms with E-state index in [1.807, 2.05) is 65.7 Å². The third kappa shape index (κ3) is 4.74. The number of rotatable bonds is 6. The molecule has 4 aromatic rings. The molecule has 3 heterocycles. The van der Waals surface area contributed by atoms with Crippen LogP contribution in [-0.4, -0.2) is 52.2 Å². The highest BCUT2D eigenvalue weighted by Crippen LogP contribution is 2.31. The fourth-order valence-corrected chi connectivity index (χ4v) is 6.05. The second kappa shape index (κ2) is 10.0. The molecule has 1 aliphatic heterocycles. The Morgan fingerprint density at radius 2 is 1.74 bits per heavy atom. The molecule has 0 spiro atoms. The van der Waals surface area contributed by atoms with Gasteiger partial charge in [-0.05, 0) is 24.6 Å². The zero-order valence-corrected chi connectivity index (χ0v) is 20.6. The maximum atomic E-state index is 13.0. The Kier molecular flexibility index (Phi) is 6.69. The van der Waals surface area contributed by atoms with E-state index in [1.54, 1.807) is 0 Å². The highest BCUT2D eigenvalue weighted by molar-refractivity contribution is 7.99. The van der Waals surface area contributed by atoms with E-state index in [9.17, 15) is 9.59 Å². The van der Waals surface area contributed by atoms with Crippen LogP contribution in [0.1, 0.15) is 12.7 Å². The normalized spacial score (nSPS) is 15.0. The summed E-state index contributed by atoms with van der Waals surface area (Å²) in [5.74, 6) is 1.24. The van der Waals surface area contributed by atoms with Crippen LogP contribution in [0.5, 0.6) is 0 Å². The second-order valence-electron chi connectivity index (χ2n) is 8.31. The minimum absolute atomic E-state index is 0.128. The number of piperazine rings is 1. The molecule has 1 saturated heterocycles. The van der Waals surface area contributed by atoms with Crippen molar-refractivity contribution in [1.82, 2.24) is 14.9 Å². The molecule has 2 aromatic heterocycles. The molecular weight excluding hydrogens is 464 g/mol. The summed E-state index contributed by atoms with van der Waals surface area (Å²) in [7, 11) is 0. The van der Waals surface area contributed by atoms with E-state index in [4.69, 9.17) is 0 Å². The Balaban J connectivity index is 1.21. The van der Waals surface area contributed by atoms with Crippen LogP contribution in [0.3, 0.4) is 0 Å². The maximum Gasteiger partial charge on any atom is 0.260 e. The molecule has 34 heavy (non-hydrogen) atoms. The molecule has 0 bridgehead atoms. The minimum atomic E-state index is -0.201. The van der Waals surface area contributed by atoms with Gasteiger partial charge in [-0.2, -0.15) is 0 Å². The van der Waals surface area contributed by atoms with Gasteiger partial charge in [0.05, 0.1) is 16.4 Å². The van der Waals surface area contributed by atoms with Crippen LogP contribution in [0.25, 0.3) is 21.3 Å². The molecule has 1 fully saturated rings. The second-order valence-corrected chi connectivity index (χ2v) is 10.5. The zero-order valence-electron chi connectivity index (χ0n) is 18.9. The molecule has 174 valence electrons. The average molecular weight is 491 g/mol. The van der Waals surface area contributed by atoms with Gasteiger partial charge in [0.1, 0.15) is 10.7 Å². The molecule has 1 amide bonds. The van der Waals surface area contributed by atoms with Crippen LogP contribution in [0.2, 0.25) is 0 Å². The number of anilines is 1. The first kappa shape index (κ1) is 22.7. The van der Waals surface area contributed by atoms with Gasteiger partial charge in [-0.1, -0.05) is 48.5 Å². The lowest BCUT2D eigenvalue weighted by atomic mass is 10.1. The Bertz CT molecular complexity index is 1330. The Hall–Kier alpha value is -3.10. The number of amides is 1. The third-order valence-electron chi connectivity index (χ3n) is 6.11. The fourth-order valence-electron chi connectivity index (χ4n) is 4.25. The standard InChI is InChI=1S/C26H26N4O2S2/c1-18(26(32)30-14-12-29(13-15-30)20-10-6-3-7-11-20)33-17-22-27-24(31)23-21(16-34-25(23)28-22)19-8-4-2-5-9-19/h2-11,16,18H,12-15,17H2,1H3,(H,27,28,31)/t18-/m0/s1. The van der Waals surface area contributed by atoms with Crippen molar-refractivity contribution in [3.05, 3.63) is 82.2 Å². The first-order valence-electron chi connectivity index (χ1n) is 11.4. The summed E-state index contributed by atoms with van der Waals surface area (Å²) in [5.41, 5.74) is 2.99. The summed E-state index contributed by atoms with van der Waals surface area (Å²) in [6.45, 7) is 5.04. The van der Waals surface area contributed by atoms with Crippen LogP contribution in [-0.2, 0) is 10.5 Å². The van der Waals surface area contributed by atoms with Crippen molar-refractivity contribution in [2.24, 2.45) is 0 Å². The molecule has 0 unspecified atom stereocenters. The Morgan fingerprint density at radius 1 is 1.06 bits per heavy atom. The van der Waals surface area contributed by atoms with Crippen molar-refractivity contribution in [3.63, 3.8) is 0 Å². The molecule has 2 aromatic carbocycles. The van der Waals surface area contributed by atoms with Crippen LogP contribution >= 0.6 is 23.1 Å². The average Bonchev–Trinajstić information content (AvgIpc) is 3.33. The van der Waals surface area contributed by atoms with E-state index in [0.29, 0.717) is 17.0 Å². The number of thiophene rings is 1. The number of fused-ring (bicyclic) bond motifs is 1. The molecule has 1 aliphatic rings. The number of H-pyrrole nitrogens is 1. The lowest BCUT2D eigenvalue weighted by Crippen LogP contribution is -2.50. The first-order valence-corrected chi connectivity index (χ1v) is 13.3. The van der Waals surface area contributed by atoms with Crippen molar-refractivity contribution in [2.45, 2.75) is 17.9 Å². The SMILES string of the molecule is C[C@H](SCc1nc2scc(-c3ccccc3)c2c(=O)[nH]1)C(=O)N1CCN(c2ccccc2)CC1. The fraction of sp³-hybridized carbons (Fsp3) is 0.269. The number of benzene rings is 2. The van der Waals surface area contributed by atoms with Crippen molar-refractivity contribution in [1.29, 1.82) is 0 Å². The molecule has 1 N–H and O–H groups in total. The number of carbonyl (C=O) groups excluding carboxylic acids is 1. The number of aromatic nitrogens is 2. The smallest absolute Gasteiger partial charge is 0.260 e. The van der Waals surface area contributed by atoms with E-state index in [1.165, 1.54) is 28.8 Å². The van der Waals surface area contributed by atoms with E-state index in [2.05, 4.69) is 27.0 Å². The number of hydrogen-bond acceptors (Lipinski definition) is 6. The molecule has 0 saturated carbocycles. The molecule has 5 rings (SSSR count). The van der Waals surface area contributed by atoms with E-state index >= 15 is 0 Å². The summed E-state index contributed by atoms with van der Waals surface area (Å²) < 4.78 is 0. The predicted molar refractivity (Wildman–Crippen MR) is 142 cm³/mol. The van der Waals surface area contributed by atoms with Crippen LogP contribution in [0.15, 0.2) is 70.8 Å². The number of nitrogens with zero attached hydrogens (tertiary/aromatic N) is 3. The number of thioether (sulfide) groups is 1. The molecule has 8 heteroatoms. The number of para-hydroxylation sites is 1. The highest BCUT2D eigenvalue weighted by atomic mass is 32.2. The van der Waals surface area contributed by atoms with E-state index < -0.39 is 0 Å². The van der Waals surface area contributed by atoms with Crippen LogP contribution in [0.4, 0.5) is 5.69 Å². The zero-order chi connectivity index (χ0) is 23.5. The number of hydrogen-bond donors (Lipinski definition) is 1. The van der Waals surface area contributed by atoms with Gasteiger partial charge in [-0.3, -0.25) is 9.59 Å². The Morgan fingerprint density at radius 3 is 2.44 bits per heavy atom. The first-order chi connectivity index (χ1) is 16.6. The van der Waals surface area contributed by atoms with Gasteiger partial charge in [0.25, 0.3) is 5.56 Å². The topological polar surface area (TPSA) is 69.3 Å². The van der Waals surface area contributed by atoms with E-state index in [0.717, 1.165) is 42.1 Å². The van der Waals surface area contributed by atoms with Gasteiger partial charge in [-0.25, -0.2) is 4.98 Å². The molecule has 6 nitrogen and oxygen atoms in total. The molecule has 1 atom stereocenters. The third-order valence-corrected chi connectivity index (χ3v) is 8.12. The van der Waals surface area contributed by atoms with Gasteiger partial charge in [-0.15, -0.1) is 23.1 Å². The molecular formula is C26H26N4O2S2. The van der Waals surface area contributed by atoms with Crippen molar-refractivity contribution in [2.75, 3.05) is 31.1 Å². The van der Waals surface area contributed by atoms with E-state index in [-0.39, 0.29) is 16.7 Å². The molecule has 0 radical (unpaired) electrons. The van der Waals surface area contributed by atoms with Gasteiger partial charge in [0, 0.05) is 42.8 Å². The maximum absolute atomic E-state index is 13.0.